The molecule has 3 heterocycles. The second-order valence-electron chi connectivity index (χ2n) is 7.70. The van der Waals surface area contributed by atoms with E-state index in [1.54, 1.807) is 18.2 Å². The monoisotopic (exact) mass is 487 g/mol. The third kappa shape index (κ3) is 4.40. The lowest BCUT2D eigenvalue weighted by Gasteiger charge is -2.18. The molecule has 1 aliphatic heterocycles. The number of aromatic amines is 1. The molecule has 4 aromatic rings. The van der Waals surface area contributed by atoms with E-state index in [9.17, 15) is 19.2 Å². The second kappa shape index (κ2) is 9.13. The van der Waals surface area contributed by atoms with Crippen molar-refractivity contribution < 1.29 is 29.0 Å². The minimum absolute atomic E-state index is 0.0217. The predicted molar refractivity (Wildman–Crippen MR) is 125 cm³/mol. The molecule has 1 aliphatic rings. The van der Waals surface area contributed by atoms with Crippen molar-refractivity contribution in [3.8, 4) is 5.75 Å². The van der Waals surface area contributed by atoms with E-state index in [4.69, 9.17) is 9.84 Å². The number of anilines is 2. The van der Waals surface area contributed by atoms with Crippen molar-refractivity contribution in [1.29, 1.82) is 0 Å². The topological polar surface area (TPSA) is 188 Å². The Morgan fingerprint density at radius 3 is 2.58 bits per heavy atom. The lowest BCUT2D eigenvalue weighted by molar-refractivity contribution is -0.118. The Labute approximate surface area is 201 Å². The number of nitrogens with one attached hydrogen (secondary N) is 4. The van der Waals surface area contributed by atoms with Crippen LogP contribution in [0.2, 0.25) is 0 Å². The SMILES string of the molecule is O=C1COc2ccc(CNC(=O)c3ncnc4c(NC(=O)c5ccc(C(=O)O)cc5)n[nH]c34)cc2N1. The molecule has 0 aliphatic carbocycles. The summed E-state index contributed by atoms with van der Waals surface area (Å²) in [5.74, 6) is -1.77. The normalized spacial score (nSPS) is 12.3. The molecule has 0 radical (unpaired) electrons. The number of hydrogen-bond acceptors (Lipinski definition) is 8. The Hall–Kier alpha value is -5.33. The zero-order valence-corrected chi connectivity index (χ0v) is 18.4. The zero-order valence-electron chi connectivity index (χ0n) is 18.4. The van der Waals surface area contributed by atoms with Crippen LogP contribution in [0.3, 0.4) is 0 Å². The molecule has 13 nitrogen and oxygen atoms in total. The van der Waals surface area contributed by atoms with Crippen molar-refractivity contribution in [2.75, 3.05) is 17.2 Å². The minimum Gasteiger partial charge on any atom is -0.482 e. The smallest absolute Gasteiger partial charge is 0.335 e. The Balaban J connectivity index is 1.30. The lowest BCUT2D eigenvalue weighted by atomic mass is 10.1. The first-order chi connectivity index (χ1) is 17.4. The van der Waals surface area contributed by atoms with Crippen molar-refractivity contribution in [1.82, 2.24) is 25.5 Å². The van der Waals surface area contributed by atoms with E-state index in [1.807, 2.05) is 0 Å². The minimum atomic E-state index is -1.10. The molecular weight excluding hydrogens is 470 g/mol. The maximum absolute atomic E-state index is 12.8. The van der Waals surface area contributed by atoms with Gasteiger partial charge in [-0.05, 0) is 42.0 Å². The van der Waals surface area contributed by atoms with Crippen LogP contribution >= 0.6 is 0 Å². The lowest BCUT2D eigenvalue weighted by Crippen LogP contribution is -2.26. The third-order valence-corrected chi connectivity index (χ3v) is 5.32. The maximum atomic E-state index is 12.8. The number of fused-ring (bicyclic) bond motifs is 2. The van der Waals surface area contributed by atoms with Gasteiger partial charge in [-0.3, -0.25) is 19.5 Å². The van der Waals surface area contributed by atoms with Crippen molar-refractivity contribution in [2.24, 2.45) is 0 Å². The summed E-state index contributed by atoms with van der Waals surface area (Å²) in [6.45, 7) is 0.105. The van der Waals surface area contributed by atoms with Gasteiger partial charge in [0.05, 0.1) is 11.3 Å². The molecule has 5 N–H and O–H groups in total. The number of aromatic nitrogens is 4. The third-order valence-electron chi connectivity index (χ3n) is 5.32. The number of aromatic carboxylic acids is 1. The van der Waals surface area contributed by atoms with Crippen LogP contribution in [0.5, 0.6) is 5.75 Å². The van der Waals surface area contributed by atoms with Crippen molar-refractivity contribution >= 4 is 46.2 Å². The highest BCUT2D eigenvalue weighted by molar-refractivity contribution is 6.10. The fourth-order valence-electron chi connectivity index (χ4n) is 3.55. The summed E-state index contributed by atoms with van der Waals surface area (Å²) < 4.78 is 5.33. The number of carboxylic acid groups (broad SMARTS) is 1. The number of carbonyl (C=O) groups is 4. The molecule has 0 atom stereocenters. The number of amides is 3. The fraction of sp³-hybridized carbons (Fsp3) is 0.0870. The molecule has 2 aromatic carbocycles. The molecule has 0 spiro atoms. The second-order valence-corrected chi connectivity index (χ2v) is 7.70. The van der Waals surface area contributed by atoms with Gasteiger partial charge in [0.1, 0.15) is 23.1 Å². The van der Waals surface area contributed by atoms with Crippen molar-refractivity contribution in [2.45, 2.75) is 6.54 Å². The predicted octanol–water partition coefficient (Wildman–Crippen LogP) is 1.56. The van der Waals surface area contributed by atoms with Crippen LogP contribution in [0.15, 0.2) is 48.8 Å². The highest BCUT2D eigenvalue weighted by Crippen LogP contribution is 2.28. The molecule has 0 bridgehead atoms. The van der Waals surface area contributed by atoms with Gasteiger partial charge < -0.3 is 25.8 Å². The van der Waals surface area contributed by atoms with Crippen LogP contribution < -0.4 is 20.7 Å². The molecule has 0 fully saturated rings. The molecule has 180 valence electrons. The number of hydrogen-bond donors (Lipinski definition) is 5. The Kier molecular flexibility index (Phi) is 5.70. The number of benzene rings is 2. The Morgan fingerprint density at radius 1 is 1.03 bits per heavy atom. The standard InChI is InChI=1S/C23H17N7O6/c31-16-9-36-15-6-1-11(7-14(15)27-16)8-24-22(33)19-17-18(25-10-26-19)20(30-29-17)28-21(32)12-2-4-13(5-3-12)23(34)35/h1-7,10H,8-9H2,(H,24,33)(H,27,31)(H,34,35)(H2,28,29,30,32). The van der Waals surface area contributed by atoms with E-state index in [1.165, 1.54) is 30.6 Å². The van der Waals surface area contributed by atoms with Crippen molar-refractivity contribution in [3.05, 3.63) is 71.2 Å². The number of carbonyl (C=O) groups excluding carboxylic acids is 3. The number of carboxylic acids is 1. The van der Waals surface area contributed by atoms with Gasteiger partial charge in [-0.25, -0.2) is 14.8 Å². The fourth-order valence-corrected chi connectivity index (χ4v) is 3.55. The first-order valence-corrected chi connectivity index (χ1v) is 10.6. The summed E-state index contributed by atoms with van der Waals surface area (Å²) in [7, 11) is 0. The molecule has 5 rings (SSSR count). The molecule has 13 heteroatoms. The van der Waals surface area contributed by atoms with E-state index in [0.29, 0.717) is 11.4 Å². The van der Waals surface area contributed by atoms with E-state index in [0.717, 1.165) is 5.56 Å². The van der Waals surface area contributed by atoms with E-state index < -0.39 is 17.8 Å². The van der Waals surface area contributed by atoms with Gasteiger partial charge >= 0.3 is 5.97 Å². The average molecular weight is 487 g/mol. The summed E-state index contributed by atoms with van der Waals surface area (Å²) in [5, 5.41) is 23.7. The van der Waals surface area contributed by atoms with Crippen LogP contribution in [0.1, 0.15) is 36.8 Å². The maximum Gasteiger partial charge on any atom is 0.335 e. The van der Waals surface area contributed by atoms with Crippen molar-refractivity contribution in [3.63, 3.8) is 0 Å². The summed E-state index contributed by atoms with van der Waals surface area (Å²) in [5.41, 5.74) is 1.98. The van der Waals surface area contributed by atoms with Crippen LogP contribution in [-0.4, -0.2) is 55.6 Å². The highest BCUT2D eigenvalue weighted by atomic mass is 16.5. The van der Waals surface area contributed by atoms with Gasteiger partial charge in [-0.1, -0.05) is 6.07 Å². The van der Waals surface area contributed by atoms with E-state index in [-0.39, 0.29) is 52.7 Å². The molecule has 36 heavy (non-hydrogen) atoms. The summed E-state index contributed by atoms with van der Waals surface area (Å²) in [4.78, 5) is 56.1. The largest absolute Gasteiger partial charge is 0.482 e. The highest BCUT2D eigenvalue weighted by Gasteiger charge is 2.20. The molecule has 0 unspecified atom stereocenters. The van der Waals surface area contributed by atoms with E-state index in [2.05, 4.69) is 36.1 Å². The summed E-state index contributed by atoms with van der Waals surface area (Å²) in [6, 6.07) is 10.5. The van der Waals surface area contributed by atoms with Gasteiger partial charge in [0.25, 0.3) is 17.7 Å². The average Bonchev–Trinajstić information content (AvgIpc) is 3.29. The number of rotatable bonds is 6. The van der Waals surface area contributed by atoms with Gasteiger partial charge in [-0.2, -0.15) is 5.10 Å². The van der Waals surface area contributed by atoms with Crippen LogP contribution in [0.4, 0.5) is 11.5 Å². The van der Waals surface area contributed by atoms with Crippen LogP contribution in [0.25, 0.3) is 11.0 Å². The van der Waals surface area contributed by atoms with Gasteiger partial charge in [0.15, 0.2) is 18.1 Å². The summed E-state index contributed by atoms with van der Waals surface area (Å²) >= 11 is 0. The molecule has 3 amide bonds. The Bertz CT molecular complexity index is 1530. The molecule has 0 saturated carbocycles. The number of H-pyrrole nitrogens is 1. The van der Waals surface area contributed by atoms with Crippen LogP contribution in [-0.2, 0) is 11.3 Å². The van der Waals surface area contributed by atoms with Gasteiger partial charge in [-0.15, -0.1) is 0 Å². The molecular formula is C23H17N7O6. The molecule has 0 saturated heterocycles. The first kappa shape index (κ1) is 22.5. The number of nitrogens with zero attached hydrogens (tertiary/aromatic N) is 3. The van der Waals surface area contributed by atoms with E-state index >= 15 is 0 Å². The zero-order chi connectivity index (χ0) is 25.2. The van der Waals surface area contributed by atoms with Crippen LogP contribution in [0, 0.1) is 0 Å². The quantitative estimate of drug-likeness (QED) is 0.269. The molecule has 2 aromatic heterocycles. The Morgan fingerprint density at radius 2 is 1.81 bits per heavy atom. The first-order valence-electron chi connectivity index (χ1n) is 10.6. The number of ether oxygens (including phenoxy) is 1. The van der Waals surface area contributed by atoms with Gasteiger partial charge in [0.2, 0.25) is 0 Å². The summed E-state index contributed by atoms with van der Waals surface area (Å²) in [6.07, 6.45) is 1.18. The van der Waals surface area contributed by atoms with Gasteiger partial charge in [0, 0.05) is 12.1 Å².